The summed E-state index contributed by atoms with van der Waals surface area (Å²) in [5, 5.41) is 0.202. The van der Waals surface area contributed by atoms with Gasteiger partial charge in [-0.25, -0.2) is 13.8 Å². The normalized spacial score (nSPS) is 21.4. The molecule has 38 heavy (non-hydrogen) atoms. The van der Waals surface area contributed by atoms with E-state index >= 15 is 0 Å². The van der Waals surface area contributed by atoms with E-state index < -0.39 is 30.5 Å². The van der Waals surface area contributed by atoms with Crippen LogP contribution in [0.15, 0.2) is 42.5 Å². The number of pyridine rings is 1. The van der Waals surface area contributed by atoms with Crippen LogP contribution in [-0.4, -0.2) is 79.9 Å². The van der Waals surface area contributed by atoms with Crippen molar-refractivity contribution in [2.24, 2.45) is 5.92 Å². The van der Waals surface area contributed by atoms with E-state index in [1.165, 1.54) is 9.80 Å². The summed E-state index contributed by atoms with van der Waals surface area (Å²) in [7, 11) is 5.01. The molecular formula is C28H35ClF2N4O3. The van der Waals surface area contributed by atoms with Crippen LogP contribution in [0.2, 0.25) is 5.15 Å². The van der Waals surface area contributed by atoms with E-state index in [4.69, 9.17) is 16.3 Å². The molecule has 2 aliphatic heterocycles. The predicted octanol–water partition coefficient (Wildman–Crippen LogP) is 4.84. The molecular weight excluding hydrogens is 514 g/mol. The maximum absolute atomic E-state index is 14.2. The number of carbonyl (C=O) groups is 2. The van der Waals surface area contributed by atoms with Gasteiger partial charge in [0.15, 0.2) is 5.60 Å². The summed E-state index contributed by atoms with van der Waals surface area (Å²) in [5.74, 6) is -2.39. The van der Waals surface area contributed by atoms with Crippen molar-refractivity contribution in [3.05, 3.63) is 58.7 Å². The molecule has 206 valence electrons. The number of rotatable bonds is 8. The highest BCUT2D eigenvalue weighted by atomic mass is 35.5. The molecule has 0 bridgehead atoms. The zero-order chi connectivity index (χ0) is 27.5. The topological polar surface area (TPSA) is 66.0 Å². The van der Waals surface area contributed by atoms with Crippen LogP contribution in [0.25, 0.3) is 0 Å². The molecule has 0 aliphatic carbocycles. The zero-order valence-corrected chi connectivity index (χ0v) is 22.9. The standard InChI is InChI=1S/C28H35ClF2N4O3/c1-33(2)25(36)22-11-12-23(32-24(22)29)35-16-13-20(14-17-35)8-7-15-34(3)26(37)28(18-27(30,31)19-38-28)21-9-5-4-6-10-21/h4-6,9-12,20H,7-8,13-19H2,1-3H3/t28-/m0/s1. The Balaban J connectivity index is 1.28. The van der Waals surface area contributed by atoms with Gasteiger partial charge in [-0.2, -0.15) is 0 Å². The highest BCUT2D eigenvalue weighted by molar-refractivity contribution is 6.32. The molecule has 0 unspecified atom stereocenters. The van der Waals surface area contributed by atoms with Gasteiger partial charge < -0.3 is 19.4 Å². The summed E-state index contributed by atoms with van der Waals surface area (Å²) in [6.45, 7) is 1.36. The molecule has 2 saturated heterocycles. The van der Waals surface area contributed by atoms with Gasteiger partial charge in [-0.15, -0.1) is 0 Å². The number of halogens is 3. The summed E-state index contributed by atoms with van der Waals surface area (Å²) in [5.41, 5.74) is -0.796. The molecule has 0 saturated carbocycles. The number of amides is 2. The van der Waals surface area contributed by atoms with Gasteiger partial charge in [0.2, 0.25) is 0 Å². The van der Waals surface area contributed by atoms with Crippen LogP contribution in [0, 0.1) is 5.92 Å². The first-order chi connectivity index (χ1) is 18.0. The first-order valence-electron chi connectivity index (χ1n) is 13.0. The maximum Gasteiger partial charge on any atom is 0.274 e. The Kier molecular flexibility index (Phi) is 8.57. The average molecular weight is 549 g/mol. The van der Waals surface area contributed by atoms with Crippen molar-refractivity contribution in [3.63, 3.8) is 0 Å². The number of benzene rings is 1. The van der Waals surface area contributed by atoms with Crippen molar-refractivity contribution in [2.45, 2.75) is 43.6 Å². The van der Waals surface area contributed by atoms with E-state index in [0.717, 1.165) is 44.6 Å². The third kappa shape index (κ3) is 6.10. The summed E-state index contributed by atoms with van der Waals surface area (Å²) in [4.78, 5) is 35.2. The van der Waals surface area contributed by atoms with Crippen LogP contribution in [-0.2, 0) is 15.1 Å². The van der Waals surface area contributed by atoms with Gasteiger partial charge in [-0.05, 0) is 49.3 Å². The Morgan fingerprint density at radius 3 is 2.37 bits per heavy atom. The van der Waals surface area contributed by atoms with Crippen LogP contribution < -0.4 is 4.90 Å². The highest BCUT2D eigenvalue weighted by Gasteiger charge is 2.57. The van der Waals surface area contributed by atoms with Gasteiger partial charge in [0, 0.05) is 40.8 Å². The number of aromatic nitrogens is 1. The molecule has 2 fully saturated rings. The van der Waals surface area contributed by atoms with E-state index in [1.807, 2.05) is 6.07 Å². The van der Waals surface area contributed by atoms with Crippen molar-refractivity contribution in [1.82, 2.24) is 14.8 Å². The minimum absolute atomic E-state index is 0.181. The Bertz CT molecular complexity index is 1140. The number of hydrogen-bond acceptors (Lipinski definition) is 5. The second kappa shape index (κ2) is 11.5. The molecule has 4 rings (SSSR count). The fraction of sp³-hybridized carbons (Fsp3) is 0.536. The van der Waals surface area contributed by atoms with Gasteiger partial charge in [0.1, 0.15) is 17.6 Å². The van der Waals surface area contributed by atoms with Gasteiger partial charge >= 0.3 is 0 Å². The van der Waals surface area contributed by atoms with Gasteiger partial charge in [0.25, 0.3) is 17.7 Å². The van der Waals surface area contributed by atoms with Crippen molar-refractivity contribution in [3.8, 4) is 0 Å². The number of anilines is 1. The van der Waals surface area contributed by atoms with Crippen molar-refractivity contribution < 1.29 is 23.1 Å². The molecule has 10 heteroatoms. The lowest BCUT2D eigenvalue weighted by atomic mass is 9.88. The largest absolute Gasteiger partial charge is 0.357 e. The van der Waals surface area contributed by atoms with E-state index in [1.54, 1.807) is 57.5 Å². The first kappa shape index (κ1) is 28.2. The predicted molar refractivity (Wildman–Crippen MR) is 143 cm³/mol. The third-order valence-corrected chi connectivity index (χ3v) is 7.77. The molecule has 7 nitrogen and oxygen atoms in total. The number of nitrogens with zero attached hydrogens (tertiary/aromatic N) is 4. The molecule has 2 amide bonds. The highest BCUT2D eigenvalue weighted by Crippen LogP contribution is 2.45. The SMILES string of the molecule is CN(C)C(=O)c1ccc(N2CCC(CCCN(C)C(=O)[C@@]3(c4ccccc4)CC(F)(F)CO3)CC2)nc1Cl. The minimum atomic E-state index is -3.04. The fourth-order valence-electron chi connectivity index (χ4n) is 5.33. The smallest absolute Gasteiger partial charge is 0.274 e. The number of carbonyl (C=O) groups excluding carboxylic acids is 2. The summed E-state index contributed by atoms with van der Waals surface area (Å²) >= 11 is 6.28. The molecule has 2 aliphatic rings. The zero-order valence-electron chi connectivity index (χ0n) is 22.1. The van der Waals surface area contributed by atoms with Crippen LogP contribution in [0.4, 0.5) is 14.6 Å². The van der Waals surface area contributed by atoms with Gasteiger partial charge in [-0.1, -0.05) is 41.9 Å². The van der Waals surface area contributed by atoms with Crippen molar-refractivity contribution in [2.75, 3.05) is 52.3 Å². The Labute approximate surface area is 227 Å². The van der Waals surface area contributed by atoms with Crippen LogP contribution in [0.5, 0.6) is 0 Å². The van der Waals surface area contributed by atoms with Crippen molar-refractivity contribution in [1.29, 1.82) is 0 Å². The lowest BCUT2D eigenvalue weighted by molar-refractivity contribution is -0.153. The number of piperidine rings is 1. The average Bonchev–Trinajstić information content (AvgIpc) is 3.25. The second-order valence-electron chi connectivity index (χ2n) is 10.5. The fourth-order valence-corrected chi connectivity index (χ4v) is 5.56. The molecule has 2 aromatic rings. The first-order valence-corrected chi connectivity index (χ1v) is 13.4. The molecule has 0 N–H and O–H groups in total. The molecule has 0 spiro atoms. The maximum atomic E-state index is 14.2. The Morgan fingerprint density at radius 2 is 1.79 bits per heavy atom. The van der Waals surface area contributed by atoms with Crippen LogP contribution in [0.3, 0.4) is 0 Å². The molecule has 3 heterocycles. The summed E-state index contributed by atoms with van der Waals surface area (Å²) in [6.07, 6.45) is 3.01. The van der Waals surface area contributed by atoms with Gasteiger partial charge in [-0.3, -0.25) is 9.59 Å². The van der Waals surface area contributed by atoms with Gasteiger partial charge in [0.05, 0.1) is 12.0 Å². The third-order valence-electron chi connectivity index (χ3n) is 7.48. The van der Waals surface area contributed by atoms with E-state index in [0.29, 0.717) is 23.6 Å². The number of likely N-dealkylation sites (N-methyl/N-ethyl adjacent to an activating group) is 1. The minimum Gasteiger partial charge on any atom is -0.357 e. The number of ether oxygens (including phenoxy) is 1. The Morgan fingerprint density at radius 1 is 1.11 bits per heavy atom. The number of alkyl halides is 2. The van der Waals surface area contributed by atoms with Crippen LogP contribution in [0.1, 0.15) is 48.0 Å². The summed E-state index contributed by atoms with van der Waals surface area (Å²) in [6, 6.07) is 12.2. The van der Waals surface area contributed by atoms with E-state index in [-0.39, 0.29) is 11.1 Å². The molecule has 1 aromatic carbocycles. The van der Waals surface area contributed by atoms with E-state index in [9.17, 15) is 18.4 Å². The summed E-state index contributed by atoms with van der Waals surface area (Å²) < 4.78 is 33.9. The van der Waals surface area contributed by atoms with Crippen LogP contribution >= 0.6 is 11.6 Å². The quantitative estimate of drug-likeness (QED) is 0.442. The van der Waals surface area contributed by atoms with E-state index in [2.05, 4.69) is 9.88 Å². The molecule has 1 atom stereocenters. The molecule has 1 aromatic heterocycles. The lowest BCUT2D eigenvalue weighted by Gasteiger charge is -2.34. The van der Waals surface area contributed by atoms with Crippen molar-refractivity contribution >= 4 is 29.2 Å². The lowest BCUT2D eigenvalue weighted by Crippen LogP contribution is -2.46. The Hall–Kier alpha value is -2.78. The monoisotopic (exact) mass is 548 g/mol. The number of hydrogen-bond donors (Lipinski definition) is 0. The molecule has 0 radical (unpaired) electrons. The second-order valence-corrected chi connectivity index (χ2v) is 10.9.